The molecular formula is C24H29Cl2N3O4. The molecule has 4 N–H and O–H groups in total. The predicted molar refractivity (Wildman–Crippen MR) is 133 cm³/mol. The fourth-order valence-electron chi connectivity index (χ4n) is 3.84. The van der Waals surface area contributed by atoms with Crippen LogP contribution in [0.15, 0.2) is 52.9 Å². The Morgan fingerprint density at radius 1 is 1.21 bits per heavy atom. The Morgan fingerprint density at radius 2 is 1.97 bits per heavy atom. The number of halogens is 2. The van der Waals surface area contributed by atoms with Crippen molar-refractivity contribution in [3.8, 4) is 5.75 Å². The van der Waals surface area contributed by atoms with Gasteiger partial charge in [0.05, 0.1) is 12.5 Å². The average molecular weight is 494 g/mol. The molecule has 0 aliphatic carbocycles. The maximum absolute atomic E-state index is 12.7. The summed E-state index contributed by atoms with van der Waals surface area (Å²) in [6.07, 6.45) is 1.54. The predicted octanol–water partition coefficient (Wildman–Crippen LogP) is 4.19. The summed E-state index contributed by atoms with van der Waals surface area (Å²) in [6.45, 7) is 3.93. The molecule has 0 radical (unpaired) electrons. The molecule has 0 spiro atoms. The van der Waals surface area contributed by atoms with Gasteiger partial charge in [0, 0.05) is 23.9 Å². The minimum atomic E-state index is -0.491. The Morgan fingerprint density at radius 3 is 2.61 bits per heavy atom. The summed E-state index contributed by atoms with van der Waals surface area (Å²) >= 11 is 0. The van der Waals surface area contributed by atoms with Crippen molar-refractivity contribution in [3.63, 3.8) is 0 Å². The van der Waals surface area contributed by atoms with Crippen molar-refractivity contribution in [2.24, 2.45) is 5.73 Å². The topological polar surface area (TPSA) is 111 Å². The standard InChI is InChI=1S/C24H27N3O4.2ClH/c1-2-29-24(28)21(15-5-7-18(8-6-15)30-19-9-10-27-14-19)13-20-11-16-3-4-17(23(25)26)12-22(16)31-20;;/h3-8,11-12,19,21,27H,2,9-10,13-14H2,1H3,(H3,25,26);2*1H/t19-,21?;;/m0../s1. The number of amidine groups is 1. The first-order valence-corrected chi connectivity index (χ1v) is 10.5. The Kier molecular flexibility index (Phi) is 9.58. The average Bonchev–Trinajstić information content (AvgIpc) is 3.41. The van der Waals surface area contributed by atoms with Crippen LogP contribution in [0.25, 0.3) is 11.0 Å². The van der Waals surface area contributed by atoms with Gasteiger partial charge in [-0.25, -0.2) is 0 Å². The largest absolute Gasteiger partial charge is 0.489 e. The highest BCUT2D eigenvalue weighted by Crippen LogP contribution is 2.29. The van der Waals surface area contributed by atoms with Gasteiger partial charge in [-0.15, -0.1) is 24.8 Å². The number of nitrogens with two attached hydrogens (primary N) is 1. The molecular weight excluding hydrogens is 465 g/mol. The van der Waals surface area contributed by atoms with Crippen LogP contribution in [0.1, 0.15) is 36.1 Å². The highest BCUT2D eigenvalue weighted by molar-refractivity contribution is 5.98. The van der Waals surface area contributed by atoms with Crippen LogP contribution in [0, 0.1) is 5.41 Å². The molecule has 1 saturated heterocycles. The van der Waals surface area contributed by atoms with E-state index in [0.29, 0.717) is 29.9 Å². The number of nitrogens with one attached hydrogen (secondary N) is 2. The number of carbonyl (C=O) groups is 1. The van der Waals surface area contributed by atoms with Gasteiger partial charge in [0.2, 0.25) is 0 Å². The Balaban J connectivity index is 0.00000193. The molecule has 2 heterocycles. The SMILES string of the molecule is CCOC(=O)C(Cc1cc2ccc(C(=N)N)cc2o1)c1ccc(O[C@H]2CCNC2)cc1.Cl.Cl. The molecule has 3 aromatic rings. The lowest BCUT2D eigenvalue weighted by molar-refractivity contribution is -0.145. The molecule has 1 aliphatic rings. The number of rotatable bonds is 8. The summed E-state index contributed by atoms with van der Waals surface area (Å²) < 4.78 is 17.3. The van der Waals surface area contributed by atoms with Crippen LogP contribution < -0.4 is 15.8 Å². The lowest BCUT2D eigenvalue weighted by Gasteiger charge is -2.17. The van der Waals surface area contributed by atoms with Gasteiger partial charge < -0.3 is 24.9 Å². The summed E-state index contributed by atoms with van der Waals surface area (Å²) in [5.41, 5.74) is 7.66. The van der Waals surface area contributed by atoms with Crippen molar-refractivity contribution >= 4 is 47.6 Å². The number of hydrogen-bond acceptors (Lipinski definition) is 6. The van der Waals surface area contributed by atoms with Crippen molar-refractivity contribution in [2.75, 3.05) is 19.7 Å². The van der Waals surface area contributed by atoms with Crippen LogP contribution in [0.4, 0.5) is 0 Å². The van der Waals surface area contributed by atoms with Crippen LogP contribution in [-0.2, 0) is 16.0 Å². The minimum absolute atomic E-state index is 0. The van der Waals surface area contributed by atoms with Crippen molar-refractivity contribution < 1.29 is 18.7 Å². The smallest absolute Gasteiger partial charge is 0.313 e. The van der Waals surface area contributed by atoms with Crippen LogP contribution in [-0.4, -0.2) is 37.6 Å². The normalized spacial score (nSPS) is 15.8. The zero-order chi connectivity index (χ0) is 21.8. The highest BCUT2D eigenvalue weighted by Gasteiger charge is 2.25. The number of esters is 1. The molecule has 7 nitrogen and oxygen atoms in total. The highest BCUT2D eigenvalue weighted by atomic mass is 35.5. The number of nitrogen functional groups attached to an aromatic ring is 1. The molecule has 178 valence electrons. The summed E-state index contributed by atoms with van der Waals surface area (Å²) in [7, 11) is 0. The molecule has 0 bridgehead atoms. The molecule has 33 heavy (non-hydrogen) atoms. The number of fused-ring (bicyclic) bond motifs is 1. The van der Waals surface area contributed by atoms with Crippen LogP contribution >= 0.6 is 24.8 Å². The third-order valence-electron chi connectivity index (χ3n) is 5.46. The summed E-state index contributed by atoms with van der Waals surface area (Å²) in [5.74, 6) is 0.669. The van der Waals surface area contributed by atoms with E-state index in [4.69, 9.17) is 25.0 Å². The number of furan rings is 1. The lowest BCUT2D eigenvalue weighted by Crippen LogP contribution is -2.20. The van der Waals surface area contributed by atoms with Crippen molar-refractivity contribution in [3.05, 3.63) is 65.4 Å². The molecule has 0 amide bonds. The van der Waals surface area contributed by atoms with E-state index in [1.807, 2.05) is 36.4 Å². The Labute approximate surface area is 205 Å². The van der Waals surface area contributed by atoms with Gasteiger partial charge in [-0.1, -0.05) is 24.3 Å². The maximum atomic E-state index is 12.7. The van der Waals surface area contributed by atoms with E-state index in [1.54, 1.807) is 19.1 Å². The van der Waals surface area contributed by atoms with E-state index < -0.39 is 5.92 Å². The fourth-order valence-corrected chi connectivity index (χ4v) is 3.84. The van der Waals surface area contributed by atoms with E-state index >= 15 is 0 Å². The third-order valence-corrected chi connectivity index (χ3v) is 5.46. The van der Waals surface area contributed by atoms with Crippen molar-refractivity contribution in [1.29, 1.82) is 5.41 Å². The van der Waals surface area contributed by atoms with Gasteiger partial charge in [0.25, 0.3) is 0 Å². The van der Waals surface area contributed by atoms with Crippen molar-refractivity contribution in [2.45, 2.75) is 31.8 Å². The Bertz CT molecular complexity index is 1080. The maximum Gasteiger partial charge on any atom is 0.313 e. The molecule has 1 aliphatic heterocycles. The molecule has 4 rings (SSSR count). The second-order valence-corrected chi connectivity index (χ2v) is 7.69. The molecule has 1 fully saturated rings. The molecule has 1 aromatic heterocycles. The first-order valence-electron chi connectivity index (χ1n) is 10.5. The molecule has 0 saturated carbocycles. The summed E-state index contributed by atoms with van der Waals surface area (Å²) in [5, 5.41) is 11.8. The zero-order valence-corrected chi connectivity index (χ0v) is 20.0. The first kappa shape index (κ1) is 26.5. The van der Waals surface area contributed by atoms with Gasteiger partial charge in [-0.3, -0.25) is 10.2 Å². The van der Waals surface area contributed by atoms with Crippen molar-refractivity contribution in [1.82, 2.24) is 5.32 Å². The monoisotopic (exact) mass is 493 g/mol. The van der Waals surface area contributed by atoms with Gasteiger partial charge in [-0.05, 0) is 49.7 Å². The quantitative estimate of drug-likeness (QED) is 0.246. The van der Waals surface area contributed by atoms with Gasteiger partial charge in [0.1, 0.15) is 29.0 Å². The number of benzene rings is 2. The molecule has 2 aromatic carbocycles. The van der Waals surface area contributed by atoms with E-state index in [0.717, 1.165) is 36.2 Å². The molecule has 1 unspecified atom stereocenters. The second kappa shape index (κ2) is 11.9. The van der Waals surface area contributed by atoms with Crippen LogP contribution in [0.3, 0.4) is 0 Å². The van der Waals surface area contributed by atoms with E-state index in [9.17, 15) is 4.79 Å². The minimum Gasteiger partial charge on any atom is -0.489 e. The summed E-state index contributed by atoms with van der Waals surface area (Å²) in [4.78, 5) is 12.7. The van der Waals surface area contributed by atoms with E-state index in [-0.39, 0.29) is 42.7 Å². The van der Waals surface area contributed by atoms with Crippen LogP contribution in [0.2, 0.25) is 0 Å². The van der Waals surface area contributed by atoms with E-state index in [2.05, 4.69) is 5.32 Å². The van der Waals surface area contributed by atoms with E-state index in [1.165, 1.54) is 0 Å². The lowest BCUT2D eigenvalue weighted by atomic mass is 9.94. The zero-order valence-electron chi connectivity index (χ0n) is 18.3. The number of hydrogen-bond donors (Lipinski definition) is 3. The summed E-state index contributed by atoms with van der Waals surface area (Å²) in [6, 6.07) is 14.9. The van der Waals surface area contributed by atoms with Gasteiger partial charge in [-0.2, -0.15) is 0 Å². The third kappa shape index (κ3) is 6.41. The second-order valence-electron chi connectivity index (χ2n) is 7.69. The fraction of sp³-hybridized carbons (Fsp3) is 0.333. The van der Waals surface area contributed by atoms with Crippen LogP contribution in [0.5, 0.6) is 5.75 Å². The first-order chi connectivity index (χ1) is 15.0. The number of ether oxygens (including phenoxy) is 2. The molecule has 2 atom stereocenters. The number of carbonyl (C=O) groups excluding carboxylic acids is 1. The Hall–Kier alpha value is -2.74. The molecule has 9 heteroatoms. The van der Waals surface area contributed by atoms with Gasteiger partial charge >= 0.3 is 5.97 Å². The van der Waals surface area contributed by atoms with Gasteiger partial charge in [0.15, 0.2) is 0 Å².